The zero-order valence-corrected chi connectivity index (χ0v) is 10.4. The lowest BCUT2D eigenvalue weighted by Crippen LogP contribution is -2.31. The van der Waals surface area contributed by atoms with E-state index in [9.17, 15) is 9.18 Å². The van der Waals surface area contributed by atoms with Crippen molar-refractivity contribution in [2.24, 2.45) is 5.92 Å². The molecule has 18 heavy (non-hydrogen) atoms. The fourth-order valence-corrected chi connectivity index (χ4v) is 2.56. The van der Waals surface area contributed by atoms with Gasteiger partial charge >= 0.3 is 5.97 Å². The molecule has 1 fully saturated rings. The van der Waals surface area contributed by atoms with Gasteiger partial charge in [0.2, 0.25) is 0 Å². The highest BCUT2D eigenvalue weighted by molar-refractivity contribution is 5.70. The van der Waals surface area contributed by atoms with Crippen molar-refractivity contribution in [3.63, 3.8) is 0 Å². The number of benzene rings is 1. The first-order valence-electron chi connectivity index (χ1n) is 6.32. The Hall–Kier alpha value is -1.58. The lowest BCUT2D eigenvalue weighted by Gasteiger charge is -2.28. The number of carboxylic acids is 1. The van der Waals surface area contributed by atoms with Crippen LogP contribution in [0.25, 0.3) is 0 Å². The molecule has 1 aliphatic carbocycles. The molecule has 1 aromatic carbocycles. The number of hydrogen-bond acceptors (Lipinski definition) is 2. The van der Waals surface area contributed by atoms with E-state index in [0.29, 0.717) is 12.1 Å². The van der Waals surface area contributed by atoms with Gasteiger partial charge in [-0.25, -0.2) is 4.39 Å². The number of aliphatic carboxylic acids is 1. The van der Waals surface area contributed by atoms with Crippen molar-refractivity contribution in [1.29, 1.82) is 0 Å². The Morgan fingerprint density at radius 3 is 2.89 bits per heavy atom. The molecule has 0 amide bonds. The van der Waals surface area contributed by atoms with Crippen LogP contribution in [0.5, 0.6) is 0 Å². The van der Waals surface area contributed by atoms with Crippen LogP contribution in [0, 0.1) is 18.7 Å². The first-order chi connectivity index (χ1) is 8.58. The van der Waals surface area contributed by atoms with E-state index in [1.165, 1.54) is 6.07 Å². The number of carbonyl (C=O) groups is 1. The number of anilines is 1. The summed E-state index contributed by atoms with van der Waals surface area (Å²) in [5, 5.41) is 12.2. The number of rotatable bonds is 3. The zero-order chi connectivity index (χ0) is 13.1. The van der Waals surface area contributed by atoms with E-state index in [1.807, 2.05) is 13.0 Å². The zero-order valence-electron chi connectivity index (χ0n) is 10.4. The van der Waals surface area contributed by atoms with Gasteiger partial charge in [0.25, 0.3) is 0 Å². The van der Waals surface area contributed by atoms with Crippen molar-refractivity contribution in [1.82, 2.24) is 0 Å². The molecule has 4 heteroatoms. The Balaban J connectivity index is 2.07. The number of halogens is 1. The molecule has 0 bridgehead atoms. The molecule has 98 valence electrons. The van der Waals surface area contributed by atoms with Gasteiger partial charge in [-0.05, 0) is 37.8 Å². The molecule has 2 unspecified atom stereocenters. The number of carboxylic acid groups (broad SMARTS) is 1. The van der Waals surface area contributed by atoms with E-state index < -0.39 is 5.97 Å². The smallest absolute Gasteiger partial charge is 0.306 e. The van der Waals surface area contributed by atoms with E-state index in [4.69, 9.17) is 5.11 Å². The van der Waals surface area contributed by atoms with Crippen LogP contribution >= 0.6 is 0 Å². The summed E-state index contributed by atoms with van der Waals surface area (Å²) in [6, 6.07) is 5.00. The van der Waals surface area contributed by atoms with Crippen LogP contribution in [0.1, 0.15) is 31.2 Å². The van der Waals surface area contributed by atoms with Crippen molar-refractivity contribution < 1.29 is 14.3 Å². The second-order valence-electron chi connectivity index (χ2n) is 4.97. The first kappa shape index (κ1) is 12.9. The van der Waals surface area contributed by atoms with Gasteiger partial charge in [0.15, 0.2) is 0 Å². The summed E-state index contributed by atoms with van der Waals surface area (Å²) >= 11 is 0. The molecule has 1 aromatic rings. The monoisotopic (exact) mass is 251 g/mol. The third-order valence-electron chi connectivity index (χ3n) is 3.59. The highest BCUT2D eigenvalue weighted by Crippen LogP contribution is 2.29. The van der Waals surface area contributed by atoms with Crippen LogP contribution in [0.3, 0.4) is 0 Å². The molecular weight excluding hydrogens is 233 g/mol. The van der Waals surface area contributed by atoms with E-state index in [0.717, 1.165) is 24.8 Å². The van der Waals surface area contributed by atoms with Crippen LogP contribution in [0.15, 0.2) is 18.2 Å². The highest BCUT2D eigenvalue weighted by atomic mass is 19.1. The van der Waals surface area contributed by atoms with Gasteiger partial charge in [-0.15, -0.1) is 0 Å². The van der Waals surface area contributed by atoms with Crippen molar-refractivity contribution in [3.8, 4) is 0 Å². The van der Waals surface area contributed by atoms with Crippen LogP contribution in [-0.2, 0) is 4.79 Å². The third kappa shape index (κ3) is 2.81. The van der Waals surface area contributed by atoms with Crippen LogP contribution in [0.4, 0.5) is 10.1 Å². The molecule has 1 aliphatic rings. The minimum absolute atomic E-state index is 0.0513. The summed E-state index contributed by atoms with van der Waals surface area (Å²) in [6.45, 7) is 1.85. The van der Waals surface area contributed by atoms with Gasteiger partial charge in [0, 0.05) is 6.04 Å². The molecule has 0 spiro atoms. The van der Waals surface area contributed by atoms with Crippen LogP contribution < -0.4 is 5.32 Å². The van der Waals surface area contributed by atoms with Crippen molar-refractivity contribution in [2.75, 3.05) is 5.32 Å². The molecule has 2 atom stereocenters. The predicted molar refractivity (Wildman–Crippen MR) is 68.1 cm³/mol. The second-order valence-corrected chi connectivity index (χ2v) is 4.97. The highest BCUT2D eigenvalue weighted by Gasteiger charge is 2.27. The van der Waals surface area contributed by atoms with Gasteiger partial charge in [0.1, 0.15) is 5.82 Å². The summed E-state index contributed by atoms with van der Waals surface area (Å²) in [7, 11) is 0. The fourth-order valence-electron chi connectivity index (χ4n) is 2.56. The molecule has 1 saturated carbocycles. The largest absolute Gasteiger partial charge is 0.481 e. The molecule has 0 aliphatic heterocycles. The first-order valence-corrected chi connectivity index (χ1v) is 6.32. The number of aryl methyl sites for hydroxylation is 1. The Kier molecular flexibility index (Phi) is 3.84. The molecule has 0 heterocycles. The fraction of sp³-hybridized carbons (Fsp3) is 0.500. The second kappa shape index (κ2) is 5.38. The molecule has 0 radical (unpaired) electrons. The van der Waals surface area contributed by atoms with E-state index >= 15 is 0 Å². The summed E-state index contributed by atoms with van der Waals surface area (Å²) in [4.78, 5) is 11.0. The molecule has 2 rings (SSSR count). The summed E-state index contributed by atoms with van der Waals surface area (Å²) in [5.41, 5.74) is 1.36. The van der Waals surface area contributed by atoms with E-state index in [1.54, 1.807) is 6.07 Å². The minimum Gasteiger partial charge on any atom is -0.481 e. The van der Waals surface area contributed by atoms with Crippen molar-refractivity contribution in [3.05, 3.63) is 29.6 Å². The van der Waals surface area contributed by atoms with Gasteiger partial charge < -0.3 is 10.4 Å². The van der Waals surface area contributed by atoms with Crippen LogP contribution in [0.2, 0.25) is 0 Å². The topological polar surface area (TPSA) is 49.3 Å². The SMILES string of the molecule is Cc1cccc(F)c1NC1CCCC(C(=O)O)C1. The Morgan fingerprint density at radius 2 is 2.22 bits per heavy atom. The number of nitrogens with one attached hydrogen (secondary N) is 1. The van der Waals surface area contributed by atoms with E-state index in [-0.39, 0.29) is 17.8 Å². The summed E-state index contributed by atoms with van der Waals surface area (Å²) in [6.07, 6.45) is 3.08. The van der Waals surface area contributed by atoms with Gasteiger partial charge in [-0.2, -0.15) is 0 Å². The lowest BCUT2D eigenvalue weighted by molar-refractivity contribution is -0.142. The quantitative estimate of drug-likeness (QED) is 0.867. The number of hydrogen-bond donors (Lipinski definition) is 2. The molecule has 0 saturated heterocycles. The average Bonchev–Trinajstić information content (AvgIpc) is 2.34. The third-order valence-corrected chi connectivity index (χ3v) is 3.59. The van der Waals surface area contributed by atoms with Gasteiger partial charge in [-0.3, -0.25) is 4.79 Å². The van der Waals surface area contributed by atoms with Crippen LogP contribution in [-0.4, -0.2) is 17.1 Å². The van der Waals surface area contributed by atoms with E-state index in [2.05, 4.69) is 5.32 Å². The Bertz CT molecular complexity index is 427. The molecule has 0 aromatic heterocycles. The van der Waals surface area contributed by atoms with Gasteiger partial charge in [-0.1, -0.05) is 18.6 Å². The Labute approximate surface area is 106 Å². The normalized spacial score (nSPS) is 23.7. The number of para-hydroxylation sites is 1. The maximum atomic E-state index is 13.7. The molecule has 2 N–H and O–H groups in total. The Morgan fingerprint density at radius 1 is 1.44 bits per heavy atom. The van der Waals surface area contributed by atoms with Gasteiger partial charge in [0.05, 0.1) is 11.6 Å². The molecule has 3 nitrogen and oxygen atoms in total. The maximum absolute atomic E-state index is 13.7. The molecular formula is C14H18FNO2. The van der Waals surface area contributed by atoms with Crippen molar-refractivity contribution in [2.45, 2.75) is 38.6 Å². The lowest BCUT2D eigenvalue weighted by atomic mass is 9.85. The predicted octanol–water partition coefficient (Wildman–Crippen LogP) is 3.19. The maximum Gasteiger partial charge on any atom is 0.306 e. The standard InChI is InChI=1S/C14H18FNO2/c1-9-4-2-7-12(15)13(9)16-11-6-3-5-10(8-11)14(17)18/h2,4,7,10-11,16H,3,5-6,8H2,1H3,(H,17,18). The summed E-state index contributed by atoms with van der Waals surface area (Å²) < 4.78 is 13.7. The minimum atomic E-state index is -0.744. The summed E-state index contributed by atoms with van der Waals surface area (Å²) in [5.74, 6) is -1.32. The average molecular weight is 251 g/mol. The van der Waals surface area contributed by atoms with Crippen molar-refractivity contribution >= 4 is 11.7 Å².